The van der Waals surface area contributed by atoms with E-state index >= 15 is 0 Å². The highest BCUT2D eigenvalue weighted by Crippen LogP contribution is 2.33. The van der Waals surface area contributed by atoms with E-state index in [1.807, 2.05) is 6.92 Å². The normalized spacial score (nSPS) is 12.7. The van der Waals surface area contributed by atoms with Crippen LogP contribution in [0.25, 0.3) is 0 Å². The molecule has 268 valence electrons. The SMILES string of the molecule is CCCOCCOCCCNC(=O)[C@@H](CS(O)(O)O)NC(=O)CN(CCN(CCN(CC(=O)O)CC(=O)O)CC(=O)O)CC(=O)O. The molecule has 0 heterocycles. The van der Waals surface area contributed by atoms with Gasteiger partial charge in [0.2, 0.25) is 11.8 Å². The molecule has 21 heteroatoms. The highest BCUT2D eigenvalue weighted by Gasteiger charge is 2.29. The van der Waals surface area contributed by atoms with Gasteiger partial charge < -0.3 is 54.2 Å². The summed E-state index contributed by atoms with van der Waals surface area (Å²) in [6.07, 6.45) is 1.25. The van der Waals surface area contributed by atoms with E-state index in [0.29, 0.717) is 26.2 Å². The van der Waals surface area contributed by atoms with Crippen LogP contribution >= 0.6 is 10.9 Å². The van der Waals surface area contributed by atoms with Gasteiger partial charge in [-0.2, -0.15) is 0 Å². The number of rotatable bonds is 29. The van der Waals surface area contributed by atoms with E-state index in [0.717, 1.165) is 16.2 Å². The summed E-state index contributed by atoms with van der Waals surface area (Å²) >= 11 is 0. The van der Waals surface area contributed by atoms with Gasteiger partial charge in [0.05, 0.1) is 62.6 Å². The molecular formula is C25H47N5O15S. The number of carbonyl (C=O) groups excluding carboxylic acids is 2. The third kappa shape index (κ3) is 25.1. The zero-order valence-corrected chi connectivity index (χ0v) is 26.6. The van der Waals surface area contributed by atoms with Crippen LogP contribution in [0.15, 0.2) is 0 Å². The molecule has 0 aliphatic carbocycles. The summed E-state index contributed by atoms with van der Waals surface area (Å²) in [5.74, 6) is -7.91. The summed E-state index contributed by atoms with van der Waals surface area (Å²) in [6, 6.07) is -1.60. The number of hydrogen-bond acceptors (Lipinski definition) is 14. The average molecular weight is 690 g/mol. The molecule has 0 fully saturated rings. The van der Waals surface area contributed by atoms with Crippen LogP contribution in [0.4, 0.5) is 0 Å². The van der Waals surface area contributed by atoms with Crippen molar-refractivity contribution in [2.24, 2.45) is 0 Å². The lowest BCUT2D eigenvalue weighted by Gasteiger charge is -2.29. The van der Waals surface area contributed by atoms with Gasteiger partial charge >= 0.3 is 23.9 Å². The Morgan fingerprint density at radius 1 is 0.652 bits per heavy atom. The van der Waals surface area contributed by atoms with Gasteiger partial charge in [-0.25, -0.2) is 0 Å². The molecule has 0 aliphatic heterocycles. The van der Waals surface area contributed by atoms with Crippen LogP contribution < -0.4 is 10.6 Å². The molecule has 0 aromatic rings. The van der Waals surface area contributed by atoms with E-state index in [2.05, 4.69) is 10.6 Å². The quantitative estimate of drug-likeness (QED) is 0.0380. The van der Waals surface area contributed by atoms with Crippen LogP contribution in [-0.4, -0.2) is 188 Å². The van der Waals surface area contributed by atoms with Gasteiger partial charge in [0.25, 0.3) is 0 Å². The number of amides is 2. The van der Waals surface area contributed by atoms with Gasteiger partial charge in [0.1, 0.15) is 6.04 Å². The first-order valence-corrected chi connectivity index (χ1v) is 15.9. The van der Waals surface area contributed by atoms with Crippen molar-refractivity contribution in [1.82, 2.24) is 25.3 Å². The molecule has 0 unspecified atom stereocenters. The van der Waals surface area contributed by atoms with Crippen molar-refractivity contribution in [3.8, 4) is 0 Å². The predicted molar refractivity (Wildman–Crippen MR) is 162 cm³/mol. The van der Waals surface area contributed by atoms with Gasteiger partial charge in [-0.1, -0.05) is 6.92 Å². The number of carboxylic acid groups (broad SMARTS) is 4. The molecule has 0 aromatic heterocycles. The first kappa shape index (κ1) is 42.9. The Morgan fingerprint density at radius 2 is 1.09 bits per heavy atom. The summed E-state index contributed by atoms with van der Waals surface area (Å²) < 4.78 is 39.1. The Kier molecular flexibility index (Phi) is 22.4. The average Bonchev–Trinajstić information content (AvgIpc) is 2.90. The molecule has 20 nitrogen and oxygen atoms in total. The summed E-state index contributed by atoms with van der Waals surface area (Å²) in [4.78, 5) is 73.8. The minimum Gasteiger partial charge on any atom is -0.480 e. The molecule has 0 bridgehead atoms. The van der Waals surface area contributed by atoms with Crippen molar-refractivity contribution in [2.45, 2.75) is 25.8 Å². The molecule has 46 heavy (non-hydrogen) atoms. The van der Waals surface area contributed by atoms with Crippen molar-refractivity contribution >= 4 is 46.6 Å². The van der Waals surface area contributed by atoms with E-state index in [1.54, 1.807) is 0 Å². The maximum absolute atomic E-state index is 12.8. The Morgan fingerprint density at radius 3 is 1.54 bits per heavy atom. The van der Waals surface area contributed by atoms with Gasteiger partial charge in [-0.05, 0) is 12.8 Å². The Labute approximate surface area is 267 Å². The fourth-order valence-electron chi connectivity index (χ4n) is 3.85. The topological polar surface area (TPSA) is 296 Å². The number of carboxylic acids is 4. The maximum atomic E-state index is 12.8. The van der Waals surface area contributed by atoms with Gasteiger partial charge in [-0.15, -0.1) is 0 Å². The van der Waals surface area contributed by atoms with Gasteiger partial charge in [0.15, 0.2) is 0 Å². The number of hydrogen-bond donors (Lipinski definition) is 9. The second kappa shape index (κ2) is 24.1. The number of ether oxygens (including phenoxy) is 2. The number of aliphatic carboxylic acids is 4. The fourth-order valence-corrected chi connectivity index (χ4v) is 4.54. The van der Waals surface area contributed by atoms with E-state index in [4.69, 9.17) is 19.7 Å². The Bertz CT molecular complexity index is 953. The summed E-state index contributed by atoms with van der Waals surface area (Å²) in [6.45, 7) is 0.0407. The van der Waals surface area contributed by atoms with E-state index < -0.39 is 91.1 Å². The van der Waals surface area contributed by atoms with E-state index in [9.17, 15) is 52.6 Å². The van der Waals surface area contributed by atoms with Crippen LogP contribution in [0, 0.1) is 0 Å². The lowest BCUT2D eigenvalue weighted by Crippen LogP contribution is -2.53. The highest BCUT2D eigenvalue weighted by molar-refractivity contribution is 8.19. The van der Waals surface area contributed by atoms with Gasteiger partial charge in [-0.3, -0.25) is 43.5 Å². The highest BCUT2D eigenvalue weighted by atomic mass is 32.3. The molecule has 0 rings (SSSR count). The number of nitrogens with one attached hydrogen (secondary N) is 2. The number of carbonyl (C=O) groups is 6. The Hall–Kier alpha value is -3.15. The Balaban J connectivity index is 5.23. The monoisotopic (exact) mass is 689 g/mol. The van der Waals surface area contributed by atoms with Crippen LogP contribution in [0.3, 0.4) is 0 Å². The second-order valence-electron chi connectivity index (χ2n) is 10.1. The zero-order chi connectivity index (χ0) is 35.1. The molecule has 0 saturated heterocycles. The third-order valence-electron chi connectivity index (χ3n) is 5.79. The number of nitrogens with zero attached hydrogens (tertiary/aromatic N) is 3. The molecule has 9 N–H and O–H groups in total. The molecule has 0 spiro atoms. The van der Waals surface area contributed by atoms with E-state index in [1.165, 1.54) is 4.90 Å². The fraction of sp³-hybridized carbons (Fsp3) is 0.760. The molecule has 0 radical (unpaired) electrons. The zero-order valence-electron chi connectivity index (χ0n) is 25.7. The first-order valence-electron chi connectivity index (χ1n) is 14.3. The van der Waals surface area contributed by atoms with Crippen LogP contribution in [0.1, 0.15) is 19.8 Å². The molecule has 0 aliphatic rings. The minimum atomic E-state index is -4.24. The molecule has 0 aromatic carbocycles. The van der Waals surface area contributed by atoms with Crippen molar-refractivity contribution < 1.29 is 72.3 Å². The third-order valence-corrected chi connectivity index (χ3v) is 6.58. The van der Waals surface area contributed by atoms with Gasteiger partial charge in [0, 0.05) is 45.9 Å². The summed E-state index contributed by atoms with van der Waals surface area (Å²) in [7, 11) is -4.24. The lowest BCUT2D eigenvalue weighted by atomic mass is 10.3. The second-order valence-corrected chi connectivity index (χ2v) is 11.7. The van der Waals surface area contributed by atoms with Crippen LogP contribution in [0.2, 0.25) is 0 Å². The molecule has 1 atom stereocenters. The molecule has 2 amide bonds. The van der Waals surface area contributed by atoms with Crippen LogP contribution in [-0.2, 0) is 38.2 Å². The largest absolute Gasteiger partial charge is 0.480 e. The van der Waals surface area contributed by atoms with Crippen molar-refractivity contribution in [3.05, 3.63) is 0 Å². The lowest BCUT2D eigenvalue weighted by molar-refractivity contribution is -0.143. The minimum absolute atomic E-state index is 0.0898. The first-order chi connectivity index (χ1) is 21.5. The van der Waals surface area contributed by atoms with Crippen molar-refractivity contribution in [2.75, 3.05) is 97.6 Å². The van der Waals surface area contributed by atoms with E-state index in [-0.39, 0.29) is 39.3 Å². The smallest absolute Gasteiger partial charge is 0.317 e. The maximum Gasteiger partial charge on any atom is 0.317 e. The predicted octanol–water partition coefficient (Wildman–Crippen LogP) is -2.11. The van der Waals surface area contributed by atoms with Crippen LogP contribution in [0.5, 0.6) is 0 Å². The standard InChI is InChI=1S/C25H47N5O15S/c1-2-9-44-11-12-45-10-3-4-26-25(40)19(18-46(41,42)43)27-20(31)13-29(15-22(34)35)7-5-28(14-21(32)33)6-8-30(16-23(36)37)17-24(38)39/h19,41-43H,2-18H2,1H3,(H,26,40)(H,27,31)(H,32,33)(H,34,35)(H,36,37)(H,38,39)/t19-/m1/s1. The van der Waals surface area contributed by atoms with Crippen molar-refractivity contribution in [3.63, 3.8) is 0 Å². The summed E-state index contributed by atoms with van der Waals surface area (Å²) in [5.41, 5.74) is 0. The molecular weight excluding hydrogens is 642 g/mol. The molecule has 0 saturated carbocycles. The summed E-state index contributed by atoms with van der Waals surface area (Å²) in [5, 5.41) is 41.3. The van der Waals surface area contributed by atoms with Crippen molar-refractivity contribution in [1.29, 1.82) is 0 Å².